The molecule has 0 radical (unpaired) electrons. The van der Waals surface area contributed by atoms with E-state index >= 15 is 0 Å². The molecule has 1 atom stereocenters. The van der Waals surface area contributed by atoms with E-state index in [0.717, 1.165) is 41.4 Å². The topological polar surface area (TPSA) is 48.0 Å². The van der Waals surface area contributed by atoms with E-state index in [1.54, 1.807) is 18.4 Å². The highest BCUT2D eigenvalue weighted by Crippen LogP contribution is 2.24. The number of methoxy groups -OCH3 is 1. The van der Waals surface area contributed by atoms with Gasteiger partial charge < -0.3 is 19.1 Å². The molecule has 6 heteroatoms. The fourth-order valence-corrected chi connectivity index (χ4v) is 4.39. The van der Waals surface area contributed by atoms with E-state index in [-0.39, 0.29) is 12.0 Å². The molecule has 1 fully saturated rings. The van der Waals surface area contributed by atoms with Gasteiger partial charge in [0.05, 0.1) is 26.3 Å². The number of carbonyl (C=O) groups is 1. The average Bonchev–Trinajstić information content (AvgIpc) is 3.52. The molecule has 1 unspecified atom stereocenters. The van der Waals surface area contributed by atoms with Gasteiger partial charge in [-0.05, 0) is 54.6 Å². The van der Waals surface area contributed by atoms with E-state index < -0.39 is 0 Å². The van der Waals surface area contributed by atoms with Crippen LogP contribution in [-0.4, -0.2) is 37.2 Å². The lowest BCUT2D eigenvalue weighted by Gasteiger charge is -2.23. The molecule has 31 heavy (non-hydrogen) atoms. The third-order valence-corrected chi connectivity index (χ3v) is 6.19. The number of amides is 1. The molecule has 1 amide bonds. The van der Waals surface area contributed by atoms with E-state index in [2.05, 4.69) is 6.07 Å². The Morgan fingerprint density at radius 1 is 1.10 bits per heavy atom. The van der Waals surface area contributed by atoms with Gasteiger partial charge in [-0.15, -0.1) is 11.3 Å². The van der Waals surface area contributed by atoms with Crippen LogP contribution in [0, 0.1) is 0 Å². The summed E-state index contributed by atoms with van der Waals surface area (Å²) < 4.78 is 16.9. The number of ether oxygens (including phenoxy) is 3. The standard InChI is InChI=1S/C25H27NO4S/c1-28-24-9-3-2-6-20(24)16-26(17-23-8-5-15-31-23)25(27)19-10-12-21(13-11-19)30-18-22-7-4-14-29-22/h2-3,5-6,8-13,15,22H,4,7,14,16-18H2,1H3. The minimum absolute atomic E-state index is 0.0232. The van der Waals surface area contributed by atoms with E-state index in [0.29, 0.717) is 25.3 Å². The molecule has 1 aliphatic heterocycles. The van der Waals surface area contributed by atoms with E-state index in [4.69, 9.17) is 14.2 Å². The van der Waals surface area contributed by atoms with Crippen molar-refractivity contribution in [1.29, 1.82) is 0 Å². The van der Waals surface area contributed by atoms with Crippen LogP contribution in [0.3, 0.4) is 0 Å². The summed E-state index contributed by atoms with van der Waals surface area (Å²) in [7, 11) is 1.65. The van der Waals surface area contributed by atoms with Crippen LogP contribution >= 0.6 is 11.3 Å². The molecule has 1 aromatic heterocycles. The van der Waals surface area contributed by atoms with Crippen molar-refractivity contribution in [3.05, 3.63) is 82.0 Å². The van der Waals surface area contributed by atoms with Gasteiger partial charge in [-0.2, -0.15) is 0 Å². The monoisotopic (exact) mass is 437 g/mol. The number of hydrogen-bond donors (Lipinski definition) is 0. The summed E-state index contributed by atoms with van der Waals surface area (Å²) in [6, 6.07) is 19.2. The number of benzene rings is 2. The van der Waals surface area contributed by atoms with Gasteiger partial charge in [0.25, 0.3) is 5.91 Å². The Morgan fingerprint density at radius 2 is 1.94 bits per heavy atom. The number of nitrogens with zero attached hydrogens (tertiary/aromatic N) is 1. The van der Waals surface area contributed by atoms with Crippen molar-refractivity contribution in [2.45, 2.75) is 32.0 Å². The Bertz CT molecular complexity index is 965. The molecule has 2 aromatic carbocycles. The van der Waals surface area contributed by atoms with Crippen LogP contribution < -0.4 is 9.47 Å². The van der Waals surface area contributed by atoms with Crippen LogP contribution in [0.15, 0.2) is 66.0 Å². The predicted molar refractivity (Wildman–Crippen MR) is 122 cm³/mol. The minimum Gasteiger partial charge on any atom is -0.496 e. The van der Waals surface area contributed by atoms with Crippen molar-refractivity contribution in [3.63, 3.8) is 0 Å². The van der Waals surface area contributed by atoms with Crippen LogP contribution in [0.2, 0.25) is 0 Å². The summed E-state index contributed by atoms with van der Waals surface area (Å²) in [5, 5.41) is 2.03. The molecule has 162 valence electrons. The third kappa shape index (κ3) is 5.66. The van der Waals surface area contributed by atoms with Gasteiger partial charge in [0.15, 0.2) is 0 Å². The highest BCUT2D eigenvalue weighted by molar-refractivity contribution is 7.09. The molecule has 1 aliphatic rings. The lowest BCUT2D eigenvalue weighted by Crippen LogP contribution is -2.30. The van der Waals surface area contributed by atoms with Gasteiger partial charge in [-0.1, -0.05) is 24.3 Å². The maximum absolute atomic E-state index is 13.4. The van der Waals surface area contributed by atoms with Crippen LogP contribution in [0.25, 0.3) is 0 Å². The summed E-state index contributed by atoms with van der Waals surface area (Å²) in [6.45, 7) is 2.38. The molecule has 5 nitrogen and oxygen atoms in total. The van der Waals surface area contributed by atoms with E-state index in [9.17, 15) is 4.79 Å². The maximum atomic E-state index is 13.4. The first-order chi connectivity index (χ1) is 15.2. The molecule has 1 saturated heterocycles. The second kappa shape index (κ2) is 10.5. The Kier molecular flexibility index (Phi) is 7.22. The van der Waals surface area contributed by atoms with Crippen molar-refractivity contribution < 1.29 is 19.0 Å². The highest BCUT2D eigenvalue weighted by atomic mass is 32.1. The smallest absolute Gasteiger partial charge is 0.254 e. The zero-order chi connectivity index (χ0) is 21.5. The fourth-order valence-electron chi connectivity index (χ4n) is 3.67. The maximum Gasteiger partial charge on any atom is 0.254 e. The van der Waals surface area contributed by atoms with Gasteiger partial charge in [0.2, 0.25) is 0 Å². The molecule has 0 spiro atoms. The Labute approximate surface area is 187 Å². The van der Waals surface area contributed by atoms with Gasteiger partial charge >= 0.3 is 0 Å². The molecule has 0 bridgehead atoms. The number of carbonyl (C=O) groups excluding carboxylic acids is 1. The number of para-hydroxylation sites is 1. The number of rotatable bonds is 9. The first kappa shape index (κ1) is 21.4. The molecule has 2 heterocycles. The second-order valence-electron chi connectivity index (χ2n) is 7.52. The summed E-state index contributed by atoms with van der Waals surface area (Å²) in [6.07, 6.45) is 2.30. The predicted octanol–water partition coefficient (Wildman–Crippen LogP) is 5.16. The summed E-state index contributed by atoms with van der Waals surface area (Å²) in [5.74, 6) is 1.51. The van der Waals surface area contributed by atoms with Crippen molar-refractivity contribution in [1.82, 2.24) is 4.90 Å². The van der Waals surface area contributed by atoms with Crippen LogP contribution in [0.5, 0.6) is 11.5 Å². The SMILES string of the molecule is COc1ccccc1CN(Cc1cccs1)C(=O)c1ccc(OCC2CCCO2)cc1. The van der Waals surface area contributed by atoms with Crippen molar-refractivity contribution >= 4 is 17.2 Å². The zero-order valence-electron chi connectivity index (χ0n) is 17.7. The second-order valence-corrected chi connectivity index (χ2v) is 8.56. The van der Waals surface area contributed by atoms with Gasteiger partial charge in [-0.25, -0.2) is 0 Å². The number of thiophene rings is 1. The normalized spacial score (nSPS) is 15.6. The summed E-state index contributed by atoms with van der Waals surface area (Å²) in [4.78, 5) is 16.4. The largest absolute Gasteiger partial charge is 0.496 e. The van der Waals surface area contributed by atoms with Gasteiger partial charge in [0, 0.05) is 22.6 Å². The van der Waals surface area contributed by atoms with Crippen molar-refractivity contribution in [3.8, 4) is 11.5 Å². The molecular formula is C25H27NO4S. The third-order valence-electron chi connectivity index (χ3n) is 5.33. The summed E-state index contributed by atoms with van der Waals surface area (Å²) >= 11 is 1.65. The molecular weight excluding hydrogens is 410 g/mol. The quantitative estimate of drug-likeness (QED) is 0.464. The Balaban J connectivity index is 1.48. The Morgan fingerprint density at radius 3 is 2.65 bits per heavy atom. The first-order valence-corrected chi connectivity index (χ1v) is 11.4. The van der Waals surface area contributed by atoms with Crippen LogP contribution in [-0.2, 0) is 17.8 Å². The summed E-state index contributed by atoms with van der Waals surface area (Å²) in [5.41, 5.74) is 1.61. The lowest BCUT2D eigenvalue weighted by atomic mass is 10.1. The fraction of sp³-hybridized carbons (Fsp3) is 0.320. The van der Waals surface area contributed by atoms with Crippen molar-refractivity contribution in [2.24, 2.45) is 0 Å². The van der Waals surface area contributed by atoms with E-state index in [1.165, 1.54) is 0 Å². The molecule has 3 aromatic rings. The average molecular weight is 438 g/mol. The van der Waals surface area contributed by atoms with Crippen LogP contribution in [0.4, 0.5) is 0 Å². The number of hydrogen-bond acceptors (Lipinski definition) is 5. The lowest BCUT2D eigenvalue weighted by molar-refractivity contribution is 0.0678. The molecule has 4 rings (SSSR count). The van der Waals surface area contributed by atoms with Crippen molar-refractivity contribution in [2.75, 3.05) is 20.3 Å². The minimum atomic E-state index is -0.0232. The molecule has 0 N–H and O–H groups in total. The van der Waals surface area contributed by atoms with Crippen LogP contribution in [0.1, 0.15) is 33.6 Å². The van der Waals surface area contributed by atoms with Gasteiger partial charge in [0.1, 0.15) is 18.1 Å². The highest BCUT2D eigenvalue weighted by Gasteiger charge is 2.20. The Hall–Kier alpha value is -2.83. The first-order valence-electron chi connectivity index (χ1n) is 10.5. The zero-order valence-corrected chi connectivity index (χ0v) is 18.5. The van der Waals surface area contributed by atoms with Gasteiger partial charge in [-0.3, -0.25) is 4.79 Å². The molecule has 0 saturated carbocycles. The molecule has 0 aliphatic carbocycles. The van der Waals surface area contributed by atoms with E-state index in [1.807, 2.05) is 64.9 Å².